The molecule has 0 aromatic heterocycles. The van der Waals surface area contributed by atoms with Gasteiger partial charge in [-0.05, 0) is 17.7 Å². The molecule has 0 saturated carbocycles. The summed E-state index contributed by atoms with van der Waals surface area (Å²) >= 11 is 0. The van der Waals surface area contributed by atoms with Gasteiger partial charge in [0.15, 0.2) is 4.87 Å². The van der Waals surface area contributed by atoms with Crippen LogP contribution in [0.15, 0.2) is 54.6 Å². The molecule has 0 spiro atoms. The van der Waals surface area contributed by atoms with E-state index < -0.39 is 11.8 Å². The zero-order chi connectivity index (χ0) is 14.1. The zero-order valence-corrected chi connectivity index (χ0v) is 10.3. The highest BCUT2D eigenvalue weighted by Gasteiger charge is 2.39. The minimum atomic E-state index is -0.539. The van der Waals surface area contributed by atoms with Crippen LogP contribution in [0.1, 0.15) is 20.7 Å². The van der Waals surface area contributed by atoms with E-state index in [1.165, 1.54) is 0 Å². The first-order chi connectivity index (χ1) is 9.68. The van der Waals surface area contributed by atoms with Crippen molar-refractivity contribution in [3.8, 4) is 0 Å². The Labute approximate surface area is 114 Å². The van der Waals surface area contributed by atoms with Crippen molar-refractivity contribution in [3.63, 3.8) is 0 Å². The number of amides is 2. The summed E-state index contributed by atoms with van der Waals surface area (Å²) in [7, 11) is 0. The summed E-state index contributed by atoms with van der Waals surface area (Å²) in [5.41, 5.74) is 3.12. The lowest BCUT2D eigenvalue weighted by molar-refractivity contribution is -0.552. The molecule has 2 aromatic rings. The van der Waals surface area contributed by atoms with Crippen LogP contribution in [0.25, 0.3) is 0 Å². The van der Waals surface area contributed by atoms with Crippen LogP contribution in [-0.2, 0) is 0 Å². The third kappa shape index (κ3) is 1.83. The van der Waals surface area contributed by atoms with E-state index in [-0.39, 0.29) is 11.1 Å². The van der Waals surface area contributed by atoms with Gasteiger partial charge in [0.25, 0.3) is 17.5 Å². The molecule has 1 aliphatic rings. The highest BCUT2D eigenvalue weighted by Crippen LogP contribution is 2.21. The molecule has 0 atom stereocenters. The smallest absolute Gasteiger partial charge is 0.266 e. The molecule has 0 fully saturated rings. The number of benzene rings is 2. The SMILES string of the molecule is O=C1c2ccccc2C(=O)N1N[N+](=O)c1ccccc1. The maximum atomic E-state index is 12.1. The van der Waals surface area contributed by atoms with Gasteiger partial charge in [-0.1, -0.05) is 30.3 Å². The predicted molar refractivity (Wildman–Crippen MR) is 69.8 cm³/mol. The number of carbonyl (C=O) groups excluding carboxylic acids is 2. The first kappa shape index (κ1) is 12.0. The van der Waals surface area contributed by atoms with E-state index in [9.17, 15) is 14.5 Å². The summed E-state index contributed by atoms with van der Waals surface area (Å²) in [4.78, 5) is 36.4. The zero-order valence-electron chi connectivity index (χ0n) is 10.3. The highest BCUT2D eigenvalue weighted by molar-refractivity contribution is 6.20. The van der Waals surface area contributed by atoms with Gasteiger partial charge in [-0.15, -0.1) is 5.01 Å². The van der Waals surface area contributed by atoms with Crippen LogP contribution in [0.3, 0.4) is 0 Å². The molecule has 2 aromatic carbocycles. The maximum absolute atomic E-state index is 12.1. The number of fused-ring (bicyclic) bond motifs is 1. The number of hydrogen-bond donors (Lipinski definition) is 1. The topological polar surface area (TPSA) is 69.5 Å². The molecular formula is C14H10N3O3+. The van der Waals surface area contributed by atoms with Crippen LogP contribution in [0.2, 0.25) is 0 Å². The van der Waals surface area contributed by atoms with Crippen LogP contribution in [0.5, 0.6) is 0 Å². The molecular weight excluding hydrogens is 258 g/mol. The summed E-state index contributed by atoms with van der Waals surface area (Å²) in [6.45, 7) is 0. The highest BCUT2D eigenvalue weighted by atomic mass is 16.3. The van der Waals surface area contributed by atoms with E-state index in [2.05, 4.69) is 5.53 Å². The van der Waals surface area contributed by atoms with Gasteiger partial charge in [0.2, 0.25) is 0 Å². The van der Waals surface area contributed by atoms with Gasteiger partial charge in [0.1, 0.15) is 0 Å². The Morgan fingerprint density at radius 1 is 0.800 bits per heavy atom. The summed E-state index contributed by atoms with van der Waals surface area (Å²) in [5.74, 6) is -1.08. The number of nitroso groups, excluding NO2 is 1. The number of carbonyl (C=O) groups is 2. The Kier molecular flexibility index (Phi) is 2.76. The van der Waals surface area contributed by atoms with Gasteiger partial charge in [-0.25, -0.2) is 0 Å². The first-order valence-electron chi connectivity index (χ1n) is 5.95. The molecule has 6 heteroatoms. The second-order valence-electron chi connectivity index (χ2n) is 4.22. The number of hydrazine groups is 2. The molecule has 2 amide bonds. The van der Waals surface area contributed by atoms with Crippen molar-refractivity contribution < 1.29 is 14.5 Å². The molecule has 0 unspecified atom stereocenters. The minimum absolute atomic E-state index is 0.284. The normalized spacial score (nSPS) is 13.3. The minimum Gasteiger partial charge on any atom is -0.266 e. The van der Waals surface area contributed by atoms with Crippen molar-refractivity contribution in [1.29, 1.82) is 0 Å². The Morgan fingerprint density at radius 2 is 1.30 bits per heavy atom. The second kappa shape index (κ2) is 4.58. The Bertz CT molecular complexity index is 678. The van der Waals surface area contributed by atoms with Gasteiger partial charge in [0.05, 0.1) is 16.0 Å². The summed E-state index contributed by atoms with van der Waals surface area (Å²) in [5, 5.41) is 0.713. The lowest BCUT2D eigenvalue weighted by Crippen LogP contribution is -2.45. The van der Waals surface area contributed by atoms with Crippen molar-refractivity contribution in [1.82, 2.24) is 10.5 Å². The lowest BCUT2D eigenvalue weighted by atomic mass is 10.1. The molecule has 0 saturated heterocycles. The van der Waals surface area contributed by atoms with E-state index in [4.69, 9.17) is 0 Å². The average molecular weight is 268 g/mol. The summed E-state index contributed by atoms with van der Waals surface area (Å²) in [6.07, 6.45) is 0. The lowest BCUT2D eigenvalue weighted by Gasteiger charge is -2.07. The van der Waals surface area contributed by atoms with Crippen LogP contribution in [0.4, 0.5) is 5.69 Å². The molecule has 0 radical (unpaired) electrons. The van der Waals surface area contributed by atoms with Crippen molar-refractivity contribution in [2.45, 2.75) is 0 Å². The summed E-state index contributed by atoms with van der Waals surface area (Å²) in [6, 6.07) is 14.7. The number of nitrogens with one attached hydrogen (secondary N) is 1. The fourth-order valence-electron chi connectivity index (χ4n) is 1.99. The van der Waals surface area contributed by atoms with Crippen LogP contribution >= 0.6 is 0 Å². The van der Waals surface area contributed by atoms with E-state index in [1.807, 2.05) is 0 Å². The van der Waals surface area contributed by atoms with E-state index in [0.717, 1.165) is 0 Å². The van der Waals surface area contributed by atoms with Gasteiger partial charge in [-0.3, -0.25) is 9.59 Å². The second-order valence-corrected chi connectivity index (χ2v) is 4.22. The molecule has 0 bridgehead atoms. The molecule has 98 valence electrons. The molecule has 1 N–H and O–H groups in total. The van der Waals surface area contributed by atoms with Crippen LogP contribution < -0.4 is 5.53 Å². The number of hydrogen-bond acceptors (Lipinski definition) is 3. The van der Waals surface area contributed by atoms with Crippen LogP contribution in [-0.4, -0.2) is 21.7 Å². The van der Waals surface area contributed by atoms with E-state index >= 15 is 0 Å². The third-order valence-corrected chi connectivity index (χ3v) is 2.98. The van der Waals surface area contributed by atoms with Gasteiger partial charge in [-0.2, -0.15) is 0 Å². The van der Waals surface area contributed by atoms with Gasteiger partial charge < -0.3 is 0 Å². The summed E-state index contributed by atoms with van der Waals surface area (Å²) < 4.78 is 0. The maximum Gasteiger partial charge on any atom is 0.294 e. The monoisotopic (exact) mass is 268 g/mol. The standard InChI is InChI=1S/C14H10N3O3/c18-13-11-8-4-5-9-12(11)14(19)16(13)15-17(20)10-6-2-1-3-7-10/h1-9H,(H,15,20)/q+1. The molecule has 1 aliphatic heterocycles. The Hall–Kier alpha value is -3.02. The molecule has 0 aliphatic carbocycles. The molecule has 3 rings (SSSR count). The van der Waals surface area contributed by atoms with Gasteiger partial charge >= 0.3 is 0 Å². The predicted octanol–water partition coefficient (Wildman–Crippen LogP) is 1.81. The molecule has 1 heterocycles. The fraction of sp³-hybridized carbons (Fsp3) is 0. The largest absolute Gasteiger partial charge is 0.294 e. The van der Waals surface area contributed by atoms with Crippen molar-refractivity contribution in [2.75, 3.05) is 0 Å². The number of rotatable bonds is 3. The van der Waals surface area contributed by atoms with E-state index in [1.54, 1.807) is 54.6 Å². The molecule has 20 heavy (non-hydrogen) atoms. The molecule has 6 nitrogen and oxygen atoms in total. The van der Waals surface area contributed by atoms with Crippen molar-refractivity contribution >= 4 is 17.5 Å². The number of para-hydroxylation sites is 1. The Balaban J connectivity index is 1.86. The first-order valence-corrected chi connectivity index (χ1v) is 5.95. The number of nitrogens with zero attached hydrogens (tertiary/aromatic N) is 2. The van der Waals surface area contributed by atoms with Crippen molar-refractivity contribution in [3.05, 3.63) is 70.6 Å². The van der Waals surface area contributed by atoms with Crippen LogP contribution in [0, 0.1) is 4.91 Å². The average Bonchev–Trinajstić information content (AvgIpc) is 2.74. The third-order valence-electron chi connectivity index (χ3n) is 2.98. The Morgan fingerprint density at radius 3 is 1.85 bits per heavy atom. The van der Waals surface area contributed by atoms with Crippen molar-refractivity contribution in [2.24, 2.45) is 0 Å². The quantitative estimate of drug-likeness (QED) is 0.523. The van der Waals surface area contributed by atoms with Gasteiger partial charge in [0, 0.05) is 12.1 Å². The number of imide groups is 1. The van der Waals surface area contributed by atoms with E-state index in [0.29, 0.717) is 15.6 Å². The fourth-order valence-corrected chi connectivity index (χ4v) is 1.99.